The molecule has 0 fully saturated rings. The number of benzene rings is 1. The Morgan fingerprint density at radius 1 is 1.42 bits per heavy atom. The third kappa shape index (κ3) is 3.12. The second-order valence-corrected chi connectivity index (χ2v) is 5.14. The number of nitrogens with one attached hydrogen (secondary N) is 1. The number of halogens is 1. The van der Waals surface area contributed by atoms with E-state index in [4.69, 9.17) is 4.74 Å². The number of pyridine rings is 1. The van der Waals surface area contributed by atoms with Gasteiger partial charge in [-0.15, -0.1) is 0 Å². The zero-order valence-corrected chi connectivity index (χ0v) is 12.9. The molecule has 3 aromatic rings. The zero-order chi connectivity index (χ0) is 17.1. The fourth-order valence-electron chi connectivity index (χ4n) is 2.42. The Bertz CT molecular complexity index is 861. The van der Waals surface area contributed by atoms with Gasteiger partial charge in [0.05, 0.1) is 23.8 Å². The molecule has 124 valence electrons. The van der Waals surface area contributed by atoms with Crippen LogP contribution in [0.25, 0.3) is 5.65 Å². The lowest BCUT2D eigenvalue weighted by Crippen LogP contribution is -2.08. The predicted molar refractivity (Wildman–Crippen MR) is 87.0 cm³/mol. The number of ether oxygens (including phenoxy) is 1. The molecule has 0 aliphatic heterocycles. The van der Waals surface area contributed by atoms with Crippen LogP contribution in [0.15, 0.2) is 42.7 Å². The molecule has 0 atom stereocenters. The van der Waals surface area contributed by atoms with E-state index in [9.17, 15) is 14.5 Å². The summed E-state index contributed by atoms with van der Waals surface area (Å²) >= 11 is 0. The van der Waals surface area contributed by atoms with Gasteiger partial charge in [0, 0.05) is 31.4 Å². The first-order valence-corrected chi connectivity index (χ1v) is 7.27. The number of imidazole rings is 1. The predicted octanol–water partition coefficient (Wildman–Crippen LogP) is 3.04. The topological polar surface area (TPSA) is 81.7 Å². The van der Waals surface area contributed by atoms with Gasteiger partial charge in [-0.1, -0.05) is 6.07 Å². The van der Waals surface area contributed by atoms with Crippen molar-refractivity contribution in [3.63, 3.8) is 0 Å². The molecule has 1 N–H and O–H groups in total. The summed E-state index contributed by atoms with van der Waals surface area (Å²) in [6.07, 6.45) is 4.37. The van der Waals surface area contributed by atoms with Gasteiger partial charge in [0.2, 0.25) is 0 Å². The quantitative estimate of drug-likeness (QED) is 0.555. The number of hydrogen-bond acceptors (Lipinski definition) is 5. The second-order valence-electron chi connectivity index (χ2n) is 5.14. The van der Waals surface area contributed by atoms with Crippen LogP contribution in [0.3, 0.4) is 0 Å². The van der Waals surface area contributed by atoms with E-state index >= 15 is 0 Å². The molecule has 8 heteroatoms. The molecule has 2 aromatic heterocycles. The summed E-state index contributed by atoms with van der Waals surface area (Å²) in [5.41, 5.74) is 1.57. The number of nitro benzene ring substituents is 1. The van der Waals surface area contributed by atoms with Crippen molar-refractivity contribution in [3.05, 3.63) is 64.4 Å². The Balaban J connectivity index is 1.74. The minimum absolute atomic E-state index is 0.0455. The van der Waals surface area contributed by atoms with Crippen LogP contribution < -0.4 is 10.1 Å². The Morgan fingerprint density at radius 3 is 2.96 bits per heavy atom. The van der Waals surface area contributed by atoms with E-state index in [1.54, 1.807) is 0 Å². The first kappa shape index (κ1) is 15.7. The summed E-state index contributed by atoms with van der Waals surface area (Å²) in [6.45, 7) is 0.416. The number of anilines is 1. The molecule has 0 bridgehead atoms. The van der Waals surface area contributed by atoms with Gasteiger partial charge in [-0.05, 0) is 12.1 Å². The molecule has 2 heterocycles. The normalized spacial score (nSPS) is 10.8. The van der Waals surface area contributed by atoms with E-state index < -0.39 is 10.7 Å². The lowest BCUT2D eigenvalue weighted by Gasteiger charge is -2.09. The molecule has 24 heavy (non-hydrogen) atoms. The van der Waals surface area contributed by atoms with Crippen molar-refractivity contribution in [1.82, 2.24) is 9.38 Å². The highest BCUT2D eigenvalue weighted by Gasteiger charge is 2.18. The summed E-state index contributed by atoms with van der Waals surface area (Å²) in [6, 6.07) is 7.85. The zero-order valence-electron chi connectivity index (χ0n) is 12.9. The molecule has 3 rings (SSSR count). The van der Waals surface area contributed by atoms with Crippen molar-refractivity contribution < 1.29 is 14.1 Å². The summed E-state index contributed by atoms with van der Waals surface area (Å²) in [5, 5.41) is 14.0. The molecule has 1 aromatic carbocycles. The number of nitro groups is 1. The Morgan fingerprint density at radius 2 is 2.25 bits per heavy atom. The van der Waals surface area contributed by atoms with Crippen molar-refractivity contribution >= 4 is 17.0 Å². The highest BCUT2D eigenvalue weighted by atomic mass is 19.1. The molecule has 7 nitrogen and oxygen atoms in total. The molecular weight excluding hydrogens is 315 g/mol. The summed E-state index contributed by atoms with van der Waals surface area (Å²) in [4.78, 5) is 14.9. The maximum Gasteiger partial charge on any atom is 0.295 e. The standard InChI is InChI=1S/C16H15FN4O3/c1-24-15-9-13(14(21(22)23)8-12(15)17)18-6-5-11-10-20-7-3-2-4-16(20)19-11/h2-4,7-10,18H,5-6H2,1H3. The van der Waals surface area contributed by atoms with Crippen LogP contribution in [0, 0.1) is 15.9 Å². The number of nitrogens with zero attached hydrogens (tertiary/aromatic N) is 3. The molecule has 0 saturated heterocycles. The van der Waals surface area contributed by atoms with Gasteiger partial charge in [-0.3, -0.25) is 10.1 Å². The largest absolute Gasteiger partial charge is 0.494 e. The average Bonchev–Trinajstić information content (AvgIpc) is 2.98. The smallest absolute Gasteiger partial charge is 0.295 e. The minimum atomic E-state index is -0.768. The first-order valence-electron chi connectivity index (χ1n) is 7.27. The molecule has 0 spiro atoms. The number of hydrogen-bond donors (Lipinski definition) is 1. The number of fused-ring (bicyclic) bond motifs is 1. The van der Waals surface area contributed by atoms with Gasteiger partial charge in [0.1, 0.15) is 11.3 Å². The lowest BCUT2D eigenvalue weighted by molar-refractivity contribution is -0.384. The van der Waals surface area contributed by atoms with E-state index in [0.717, 1.165) is 17.4 Å². The van der Waals surface area contributed by atoms with E-state index in [-0.39, 0.29) is 17.1 Å². The summed E-state index contributed by atoms with van der Waals surface area (Å²) < 4.78 is 20.4. The van der Waals surface area contributed by atoms with Crippen LogP contribution in [-0.2, 0) is 6.42 Å². The maximum atomic E-state index is 13.6. The third-order valence-corrected chi connectivity index (χ3v) is 3.58. The Kier molecular flexibility index (Phi) is 4.28. The van der Waals surface area contributed by atoms with Gasteiger partial charge < -0.3 is 14.5 Å². The molecule has 0 amide bonds. The monoisotopic (exact) mass is 330 g/mol. The molecule has 0 saturated carbocycles. The molecule has 0 aliphatic carbocycles. The SMILES string of the molecule is COc1cc(NCCc2cn3ccccc3n2)c([N+](=O)[O-])cc1F. The Hall–Kier alpha value is -3.16. The fourth-order valence-corrected chi connectivity index (χ4v) is 2.42. The van der Waals surface area contributed by atoms with Gasteiger partial charge in [0.15, 0.2) is 11.6 Å². The number of methoxy groups -OCH3 is 1. The first-order chi connectivity index (χ1) is 11.6. The lowest BCUT2D eigenvalue weighted by atomic mass is 10.2. The summed E-state index contributed by atoms with van der Waals surface area (Å²) in [7, 11) is 1.31. The van der Waals surface area contributed by atoms with Crippen molar-refractivity contribution in [2.75, 3.05) is 19.0 Å². The van der Waals surface area contributed by atoms with Crippen LogP contribution in [0.4, 0.5) is 15.8 Å². The van der Waals surface area contributed by atoms with Crippen LogP contribution in [0.5, 0.6) is 5.75 Å². The summed E-state index contributed by atoms with van der Waals surface area (Å²) in [5.74, 6) is -0.814. The van der Waals surface area contributed by atoms with Gasteiger partial charge in [0.25, 0.3) is 5.69 Å². The number of aromatic nitrogens is 2. The molecule has 0 radical (unpaired) electrons. The fraction of sp³-hybridized carbons (Fsp3) is 0.188. The third-order valence-electron chi connectivity index (χ3n) is 3.58. The van der Waals surface area contributed by atoms with E-state index in [1.807, 2.05) is 35.0 Å². The van der Waals surface area contributed by atoms with Crippen LogP contribution in [0.2, 0.25) is 0 Å². The highest BCUT2D eigenvalue weighted by Crippen LogP contribution is 2.31. The van der Waals surface area contributed by atoms with Gasteiger partial charge in [-0.25, -0.2) is 9.37 Å². The molecule has 0 unspecified atom stereocenters. The van der Waals surface area contributed by atoms with Crippen molar-refractivity contribution in [3.8, 4) is 5.75 Å². The molecule has 0 aliphatic rings. The van der Waals surface area contributed by atoms with E-state index in [1.165, 1.54) is 13.2 Å². The Labute approximate surface area is 136 Å². The average molecular weight is 330 g/mol. The van der Waals surface area contributed by atoms with Crippen molar-refractivity contribution in [2.24, 2.45) is 0 Å². The number of rotatable bonds is 6. The van der Waals surface area contributed by atoms with Crippen LogP contribution in [0.1, 0.15) is 5.69 Å². The highest BCUT2D eigenvalue weighted by molar-refractivity contribution is 5.64. The van der Waals surface area contributed by atoms with Gasteiger partial charge >= 0.3 is 0 Å². The van der Waals surface area contributed by atoms with Gasteiger partial charge in [-0.2, -0.15) is 0 Å². The van der Waals surface area contributed by atoms with Crippen LogP contribution >= 0.6 is 0 Å². The van der Waals surface area contributed by atoms with Crippen molar-refractivity contribution in [1.29, 1.82) is 0 Å². The maximum absolute atomic E-state index is 13.6. The van der Waals surface area contributed by atoms with E-state index in [2.05, 4.69) is 10.3 Å². The minimum Gasteiger partial charge on any atom is -0.494 e. The van der Waals surface area contributed by atoms with Crippen LogP contribution in [-0.4, -0.2) is 28.0 Å². The molecular formula is C16H15FN4O3. The van der Waals surface area contributed by atoms with E-state index in [0.29, 0.717) is 13.0 Å². The second kappa shape index (κ2) is 6.53. The van der Waals surface area contributed by atoms with Crippen molar-refractivity contribution in [2.45, 2.75) is 6.42 Å².